The summed E-state index contributed by atoms with van der Waals surface area (Å²) in [6.07, 6.45) is 1.01. The molecule has 116 valence electrons. The molecule has 0 spiro atoms. The molecule has 3 aromatic heterocycles. The standard InChI is InChI=1S/C15H18N4OS2/c1-10-14(11(2)20-18-10)9-22-15-17-16-12(3)19(15)7-6-13-5-4-8-21-13/h4-5,8H,6-7,9H2,1-3H3. The second-order valence-electron chi connectivity index (χ2n) is 5.10. The van der Waals surface area contributed by atoms with Crippen LogP contribution in [0.2, 0.25) is 0 Å². The minimum Gasteiger partial charge on any atom is -0.361 e. The number of hydrogen-bond donors (Lipinski definition) is 0. The summed E-state index contributed by atoms with van der Waals surface area (Å²) in [5, 5.41) is 15.6. The molecule has 0 aromatic carbocycles. The molecular formula is C15H18N4OS2. The van der Waals surface area contributed by atoms with E-state index in [0.29, 0.717) is 0 Å². The average molecular weight is 334 g/mol. The summed E-state index contributed by atoms with van der Waals surface area (Å²) in [7, 11) is 0. The lowest BCUT2D eigenvalue weighted by molar-refractivity contribution is 0.392. The van der Waals surface area contributed by atoms with Crippen molar-refractivity contribution in [2.45, 2.75) is 44.6 Å². The Labute approximate surface area is 137 Å². The molecule has 0 saturated heterocycles. The van der Waals surface area contributed by atoms with E-state index in [1.54, 1.807) is 23.1 Å². The molecule has 7 heteroatoms. The first kappa shape index (κ1) is 15.3. The van der Waals surface area contributed by atoms with Crippen LogP contribution in [0.5, 0.6) is 0 Å². The van der Waals surface area contributed by atoms with Crippen LogP contribution in [0.4, 0.5) is 0 Å². The van der Waals surface area contributed by atoms with E-state index in [1.807, 2.05) is 20.8 Å². The first-order valence-electron chi connectivity index (χ1n) is 7.12. The van der Waals surface area contributed by atoms with Crippen molar-refractivity contribution in [3.8, 4) is 0 Å². The predicted octanol–water partition coefficient (Wildman–Crippen LogP) is 3.79. The van der Waals surface area contributed by atoms with Crippen LogP contribution in [0.25, 0.3) is 0 Å². The molecule has 0 saturated carbocycles. The zero-order chi connectivity index (χ0) is 15.5. The monoisotopic (exact) mass is 334 g/mol. The lowest BCUT2D eigenvalue weighted by atomic mass is 10.2. The lowest BCUT2D eigenvalue weighted by Crippen LogP contribution is -2.04. The van der Waals surface area contributed by atoms with E-state index < -0.39 is 0 Å². The summed E-state index contributed by atoms with van der Waals surface area (Å²) in [6, 6.07) is 4.26. The van der Waals surface area contributed by atoms with Gasteiger partial charge in [0.05, 0.1) is 5.69 Å². The molecule has 3 aromatic rings. The molecule has 5 nitrogen and oxygen atoms in total. The number of aryl methyl sites for hydroxylation is 4. The highest BCUT2D eigenvalue weighted by molar-refractivity contribution is 7.98. The lowest BCUT2D eigenvalue weighted by Gasteiger charge is -2.07. The highest BCUT2D eigenvalue weighted by Crippen LogP contribution is 2.25. The van der Waals surface area contributed by atoms with Crippen LogP contribution in [0.3, 0.4) is 0 Å². The topological polar surface area (TPSA) is 56.7 Å². The molecule has 0 aliphatic carbocycles. The average Bonchev–Trinajstić information content (AvgIpc) is 3.19. The van der Waals surface area contributed by atoms with Crippen molar-refractivity contribution >= 4 is 23.1 Å². The Morgan fingerprint density at radius 1 is 1.27 bits per heavy atom. The SMILES string of the molecule is Cc1noc(C)c1CSc1nnc(C)n1CCc1cccs1. The highest BCUT2D eigenvalue weighted by atomic mass is 32.2. The number of thiophene rings is 1. The van der Waals surface area contributed by atoms with Crippen LogP contribution >= 0.6 is 23.1 Å². The van der Waals surface area contributed by atoms with Crippen LogP contribution in [0.15, 0.2) is 27.2 Å². The second kappa shape index (κ2) is 6.66. The quantitative estimate of drug-likeness (QED) is 0.642. The van der Waals surface area contributed by atoms with Gasteiger partial charge in [-0.15, -0.1) is 21.5 Å². The molecule has 0 fully saturated rings. The molecule has 22 heavy (non-hydrogen) atoms. The van der Waals surface area contributed by atoms with E-state index in [9.17, 15) is 0 Å². The van der Waals surface area contributed by atoms with Crippen LogP contribution in [0, 0.1) is 20.8 Å². The van der Waals surface area contributed by atoms with E-state index >= 15 is 0 Å². The second-order valence-corrected chi connectivity index (χ2v) is 7.08. The first-order valence-corrected chi connectivity index (χ1v) is 8.98. The van der Waals surface area contributed by atoms with E-state index in [1.165, 1.54) is 4.88 Å². The summed E-state index contributed by atoms with van der Waals surface area (Å²) < 4.78 is 7.39. The highest BCUT2D eigenvalue weighted by Gasteiger charge is 2.14. The van der Waals surface area contributed by atoms with Gasteiger partial charge in [0.25, 0.3) is 0 Å². The predicted molar refractivity (Wildman–Crippen MR) is 88.3 cm³/mol. The zero-order valence-electron chi connectivity index (χ0n) is 12.9. The van der Waals surface area contributed by atoms with Gasteiger partial charge < -0.3 is 9.09 Å². The van der Waals surface area contributed by atoms with Crippen molar-refractivity contribution in [2.24, 2.45) is 0 Å². The Balaban J connectivity index is 1.69. The van der Waals surface area contributed by atoms with Gasteiger partial charge in [-0.25, -0.2) is 0 Å². The molecule has 3 rings (SSSR count). The van der Waals surface area contributed by atoms with Gasteiger partial charge >= 0.3 is 0 Å². The van der Waals surface area contributed by atoms with Gasteiger partial charge in [0.2, 0.25) is 0 Å². The van der Waals surface area contributed by atoms with Gasteiger partial charge in [0.15, 0.2) is 5.16 Å². The molecule has 0 radical (unpaired) electrons. The van der Waals surface area contributed by atoms with Gasteiger partial charge in [-0.1, -0.05) is 23.0 Å². The summed E-state index contributed by atoms with van der Waals surface area (Å²) in [5.74, 6) is 2.64. The Bertz CT molecular complexity index is 726. The summed E-state index contributed by atoms with van der Waals surface area (Å²) >= 11 is 3.47. The Hall–Kier alpha value is -1.60. The normalized spacial score (nSPS) is 11.2. The van der Waals surface area contributed by atoms with Crippen LogP contribution < -0.4 is 0 Å². The largest absolute Gasteiger partial charge is 0.361 e. The fraction of sp³-hybridized carbons (Fsp3) is 0.400. The van der Waals surface area contributed by atoms with Gasteiger partial charge in [-0.3, -0.25) is 0 Å². The van der Waals surface area contributed by atoms with Gasteiger partial charge in [0.1, 0.15) is 11.6 Å². The first-order chi connectivity index (χ1) is 10.6. The third-order valence-electron chi connectivity index (χ3n) is 3.59. The van der Waals surface area contributed by atoms with E-state index in [4.69, 9.17) is 4.52 Å². The fourth-order valence-electron chi connectivity index (χ4n) is 2.25. The number of nitrogens with zero attached hydrogens (tertiary/aromatic N) is 4. The molecular weight excluding hydrogens is 316 g/mol. The van der Waals surface area contributed by atoms with Gasteiger partial charge in [-0.2, -0.15) is 0 Å². The maximum absolute atomic E-state index is 5.21. The van der Waals surface area contributed by atoms with Crippen molar-refractivity contribution in [3.05, 3.63) is 45.2 Å². The smallest absolute Gasteiger partial charge is 0.191 e. The van der Waals surface area contributed by atoms with Crippen LogP contribution in [0.1, 0.15) is 27.7 Å². The number of thioether (sulfide) groups is 1. The third kappa shape index (κ3) is 3.25. The van der Waals surface area contributed by atoms with Gasteiger partial charge in [0, 0.05) is 22.7 Å². The number of aromatic nitrogens is 4. The minimum absolute atomic E-state index is 0.804. The molecule has 3 heterocycles. The molecule has 0 unspecified atom stereocenters. The summed E-state index contributed by atoms with van der Waals surface area (Å²) in [6.45, 7) is 6.83. The molecule has 0 aliphatic rings. The van der Waals surface area contributed by atoms with E-state index in [0.717, 1.165) is 46.7 Å². The molecule has 0 bridgehead atoms. The molecule has 0 N–H and O–H groups in total. The molecule has 0 aliphatic heterocycles. The van der Waals surface area contributed by atoms with E-state index in [2.05, 4.69) is 37.4 Å². The van der Waals surface area contributed by atoms with Gasteiger partial charge in [-0.05, 0) is 38.6 Å². The maximum atomic E-state index is 5.21. The van der Waals surface area contributed by atoms with Crippen LogP contribution in [-0.4, -0.2) is 19.9 Å². The molecule has 0 atom stereocenters. The maximum Gasteiger partial charge on any atom is 0.191 e. The van der Waals surface area contributed by atoms with Crippen molar-refractivity contribution in [1.82, 2.24) is 19.9 Å². The third-order valence-corrected chi connectivity index (χ3v) is 5.52. The van der Waals surface area contributed by atoms with Crippen LogP contribution in [-0.2, 0) is 18.7 Å². The molecule has 0 amide bonds. The van der Waals surface area contributed by atoms with Crippen molar-refractivity contribution < 1.29 is 4.52 Å². The Morgan fingerprint density at radius 2 is 2.14 bits per heavy atom. The van der Waals surface area contributed by atoms with Crippen molar-refractivity contribution in [1.29, 1.82) is 0 Å². The number of rotatable bonds is 6. The van der Waals surface area contributed by atoms with Crippen molar-refractivity contribution in [2.75, 3.05) is 0 Å². The summed E-state index contributed by atoms with van der Waals surface area (Å²) in [4.78, 5) is 1.38. The minimum atomic E-state index is 0.804. The van der Waals surface area contributed by atoms with Crippen molar-refractivity contribution in [3.63, 3.8) is 0 Å². The fourth-order valence-corrected chi connectivity index (χ4v) is 4.11. The zero-order valence-corrected chi connectivity index (χ0v) is 14.5. The van der Waals surface area contributed by atoms with E-state index in [-0.39, 0.29) is 0 Å². The number of hydrogen-bond acceptors (Lipinski definition) is 6. The summed E-state index contributed by atoms with van der Waals surface area (Å²) in [5.41, 5.74) is 2.10. The Kier molecular flexibility index (Phi) is 4.63. The Morgan fingerprint density at radius 3 is 2.82 bits per heavy atom.